The molecular weight excluding hydrogens is 176 g/mol. The minimum atomic E-state index is -0.0265. The minimum Gasteiger partial charge on any atom is -0.356 e. The van der Waals surface area contributed by atoms with Gasteiger partial charge in [0.2, 0.25) is 5.91 Å². The molecule has 0 aromatic rings. The van der Waals surface area contributed by atoms with Crippen LogP contribution in [0.5, 0.6) is 0 Å². The van der Waals surface area contributed by atoms with Crippen LogP contribution in [0.1, 0.15) is 45.4 Å². The van der Waals surface area contributed by atoms with Gasteiger partial charge in [-0.05, 0) is 25.7 Å². The zero-order chi connectivity index (χ0) is 10.4. The van der Waals surface area contributed by atoms with Crippen molar-refractivity contribution >= 4 is 5.91 Å². The first-order valence-electron chi connectivity index (χ1n) is 5.70. The summed E-state index contributed by atoms with van der Waals surface area (Å²) in [4.78, 5) is 11.3. The van der Waals surface area contributed by atoms with Crippen LogP contribution in [0.25, 0.3) is 0 Å². The molecule has 1 rings (SSSR count). The Kier molecular flexibility index (Phi) is 4.94. The highest BCUT2D eigenvalue weighted by Crippen LogP contribution is 2.22. The predicted molar refractivity (Wildman–Crippen MR) is 57.9 cm³/mol. The van der Waals surface area contributed by atoms with E-state index >= 15 is 0 Å². The summed E-state index contributed by atoms with van der Waals surface area (Å²) in [6, 6.07) is -0.0265. The maximum absolute atomic E-state index is 11.3. The molecule has 0 aliphatic heterocycles. The number of nitrogens with two attached hydrogens (primary N) is 1. The van der Waals surface area contributed by atoms with E-state index in [1.54, 1.807) is 0 Å². The zero-order valence-corrected chi connectivity index (χ0v) is 9.09. The quantitative estimate of drug-likeness (QED) is 0.718. The number of nitrogens with one attached hydrogen (secondary N) is 1. The molecule has 1 saturated carbocycles. The summed E-state index contributed by atoms with van der Waals surface area (Å²) in [5.74, 6) is 0.811. The fourth-order valence-corrected chi connectivity index (χ4v) is 2.01. The van der Waals surface area contributed by atoms with Crippen LogP contribution < -0.4 is 11.1 Å². The molecule has 1 fully saturated rings. The lowest BCUT2D eigenvalue weighted by Crippen LogP contribution is -2.33. The van der Waals surface area contributed by atoms with E-state index in [0.29, 0.717) is 12.3 Å². The Balaban J connectivity index is 2.09. The SMILES string of the molecule is CC(N)CC(=O)NCC1CCCCC1. The molecule has 14 heavy (non-hydrogen) atoms. The van der Waals surface area contributed by atoms with E-state index in [1.807, 2.05) is 6.92 Å². The molecule has 0 aromatic carbocycles. The van der Waals surface area contributed by atoms with E-state index in [1.165, 1.54) is 32.1 Å². The Morgan fingerprint density at radius 3 is 2.64 bits per heavy atom. The maximum atomic E-state index is 11.3. The Morgan fingerprint density at radius 1 is 1.43 bits per heavy atom. The van der Waals surface area contributed by atoms with Crippen molar-refractivity contribution in [3.63, 3.8) is 0 Å². The average Bonchev–Trinajstić information content (AvgIpc) is 2.15. The highest BCUT2D eigenvalue weighted by atomic mass is 16.1. The Bertz CT molecular complexity index is 174. The van der Waals surface area contributed by atoms with Crippen molar-refractivity contribution in [2.75, 3.05) is 6.54 Å². The normalized spacial score (nSPS) is 20.4. The van der Waals surface area contributed by atoms with Gasteiger partial charge in [-0.25, -0.2) is 0 Å². The lowest BCUT2D eigenvalue weighted by molar-refractivity contribution is -0.121. The summed E-state index contributed by atoms with van der Waals surface area (Å²) in [7, 11) is 0. The largest absolute Gasteiger partial charge is 0.356 e. The van der Waals surface area contributed by atoms with E-state index in [4.69, 9.17) is 5.73 Å². The minimum absolute atomic E-state index is 0.0265. The molecule has 82 valence electrons. The molecular formula is C11H22N2O. The van der Waals surface area contributed by atoms with Crippen molar-refractivity contribution in [3.8, 4) is 0 Å². The average molecular weight is 198 g/mol. The Labute approximate surface area is 86.4 Å². The van der Waals surface area contributed by atoms with Crippen molar-refractivity contribution in [1.29, 1.82) is 0 Å². The summed E-state index contributed by atoms with van der Waals surface area (Å²) in [6.45, 7) is 2.71. The number of amides is 1. The lowest BCUT2D eigenvalue weighted by atomic mass is 9.89. The van der Waals surface area contributed by atoms with Crippen molar-refractivity contribution < 1.29 is 4.79 Å². The smallest absolute Gasteiger partial charge is 0.221 e. The maximum Gasteiger partial charge on any atom is 0.221 e. The molecule has 0 bridgehead atoms. The van der Waals surface area contributed by atoms with Gasteiger partial charge in [0, 0.05) is 19.0 Å². The fraction of sp³-hybridized carbons (Fsp3) is 0.909. The van der Waals surface area contributed by atoms with Crippen molar-refractivity contribution in [2.24, 2.45) is 11.7 Å². The molecule has 1 atom stereocenters. The summed E-state index contributed by atoms with van der Waals surface area (Å²) < 4.78 is 0. The number of rotatable bonds is 4. The van der Waals surface area contributed by atoms with Gasteiger partial charge in [-0.2, -0.15) is 0 Å². The first-order valence-corrected chi connectivity index (χ1v) is 5.70. The van der Waals surface area contributed by atoms with Gasteiger partial charge in [0.25, 0.3) is 0 Å². The topological polar surface area (TPSA) is 55.1 Å². The van der Waals surface area contributed by atoms with E-state index in [2.05, 4.69) is 5.32 Å². The highest BCUT2D eigenvalue weighted by molar-refractivity contribution is 5.76. The molecule has 0 saturated heterocycles. The van der Waals surface area contributed by atoms with Gasteiger partial charge in [-0.3, -0.25) is 4.79 Å². The third kappa shape index (κ3) is 4.61. The van der Waals surface area contributed by atoms with Crippen molar-refractivity contribution in [2.45, 2.75) is 51.5 Å². The second-order valence-corrected chi connectivity index (χ2v) is 4.49. The van der Waals surface area contributed by atoms with Crippen LogP contribution in [0.15, 0.2) is 0 Å². The first kappa shape index (κ1) is 11.5. The molecule has 3 nitrogen and oxygen atoms in total. The number of hydrogen-bond donors (Lipinski definition) is 2. The molecule has 3 heteroatoms. The molecule has 3 N–H and O–H groups in total. The molecule has 0 radical (unpaired) electrons. The van der Waals surface area contributed by atoms with Crippen LogP contribution in [0.3, 0.4) is 0 Å². The van der Waals surface area contributed by atoms with Crippen LogP contribution in [0.4, 0.5) is 0 Å². The second kappa shape index (κ2) is 6.02. The van der Waals surface area contributed by atoms with E-state index in [0.717, 1.165) is 6.54 Å². The molecule has 1 aliphatic carbocycles. The van der Waals surface area contributed by atoms with E-state index in [-0.39, 0.29) is 11.9 Å². The van der Waals surface area contributed by atoms with Gasteiger partial charge in [-0.15, -0.1) is 0 Å². The molecule has 0 aromatic heterocycles. The van der Waals surface area contributed by atoms with Gasteiger partial charge >= 0.3 is 0 Å². The third-order valence-corrected chi connectivity index (χ3v) is 2.82. The van der Waals surface area contributed by atoms with Crippen LogP contribution in [0.2, 0.25) is 0 Å². The molecule has 1 amide bonds. The zero-order valence-electron chi connectivity index (χ0n) is 9.09. The van der Waals surface area contributed by atoms with Crippen LogP contribution in [0, 0.1) is 5.92 Å². The van der Waals surface area contributed by atoms with Crippen LogP contribution >= 0.6 is 0 Å². The Morgan fingerprint density at radius 2 is 2.07 bits per heavy atom. The first-order chi connectivity index (χ1) is 6.68. The van der Waals surface area contributed by atoms with Gasteiger partial charge in [-0.1, -0.05) is 19.3 Å². The summed E-state index contributed by atoms with van der Waals surface area (Å²) in [5.41, 5.74) is 5.54. The number of hydrogen-bond acceptors (Lipinski definition) is 2. The monoisotopic (exact) mass is 198 g/mol. The molecule has 0 heterocycles. The van der Waals surface area contributed by atoms with Gasteiger partial charge < -0.3 is 11.1 Å². The molecule has 0 spiro atoms. The Hall–Kier alpha value is -0.570. The molecule has 1 unspecified atom stereocenters. The summed E-state index contributed by atoms with van der Waals surface area (Å²) in [5, 5.41) is 2.96. The van der Waals surface area contributed by atoms with Crippen molar-refractivity contribution in [1.82, 2.24) is 5.32 Å². The summed E-state index contributed by atoms with van der Waals surface area (Å²) in [6.07, 6.45) is 7.02. The molecule has 1 aliphatic rings. The predicted octanol–water partition coefficient (Wildman–Crippen LogP) is 1.42. The van der Waals surface area contributed by atoms with Gasteiger partial charge in [0.1, 0.15) is 0 Å². The standard InChI is InChI=1S/C11H22N2O/c1-9(12)7-11(14)13-8-10-5-3-2-4-6-10/h9-10H,2-8,12H2,1H3,(H,13,14). The van der Waals surface area contributed by atoms with E-state index in [9.17, 15) is 4.79 Å². The van der Waals surface area contributed by atoms with E-state index < -0.39 is 0 Å². The highest BCUT2D eigenvalue weighted by Gasteiger charge is 2.14. The van der Waals surface area contributed by atoms with Crippen LogP contribution in [-0.4, -0.2) is 18.5 Å². The van der Waals surface area contributed by atoms with Crippen molar-refractivity contribution in [3.05, 3.63) is 0 Å². The van der Waals surface area contributed by atoms with Crippen LogP contribution in [-0.2, 0) is 4.79 Å². The number of carbonyl (C=O) groups excluding carboxylic acids is 1. The summed E-state index contributed by atoms with van der Waals surface area (Å²) >= 11 is 0. The third-order valence-electron chi connectivity index (χ3n) is 2.82. The second-order valence-electron chi connectivity index (χ2n) is 4.49. The fourth-order valence-electron chi connectivity index (χ4n) is 2.01. The lowest BCUT2D eigenvalue weighted by Gasteiger charge is -2.21. The number of carbonyl (C=O) groups is 1. The van der Waals surface area contributed by atoms with Gasteiger partial charge in [0.15, 0.2) is 0 Å². The van der Waals surface area contributed by atoms with Gasteiger partial charge in [0.05, 0.1) is 0 Å².